The maximum Gasteiger partial charge on any atom is 0.0665 e. The summed E-state index contributed by atoms with van der Waals surface area (Å²) in [6.07, 6.45) is 1.16. The van der Waals surface area contributed by atoms with Gasteiger partial charge in [-0.1, -0.05) is 6.92 Å². The standard InChI is InChI=1S/C11H19NOS/c1-4-6-12-10(8-13-3)11-9(2)5-7-14-11/h5,7,10,12H,4,6,8H2,1-3H3. The van der Waals surface area contributed by atoms with E-state index in [0.717, 1.165) is 19.6 Å². The van der Waals surface area contributed by atoms with Gasteiger partial charge < -0.3 is 10.1 Å². The largest absolute Gasteiger partial charge is 0.383 e. The number of thiophene rings is 1. The molecule has 0 spiro atoms. The lowest BCUT2D eigenvalue weighted by atomic mass is 10.2. The third-order valence-corrected chi connectivity index (χ3v) is 3.32. The maximum atomic E-state index is 5.22. The van der Waals surface area contributed by atoms with Gasteiger partial charge in [0.1, 0.15) is 0 Å². The van der Waals surface area contributed by atoms with Gasteiger partial charge >= 0.3 is 0 Å². The number of methoxy groups -OCH3 is 1. The minimum atomic E-state index is 0.361. The highest BCUT2D eigenvalue weighted by Crippen LogP contribution is 2.23. The van der Waals surface area contributed by atoms with Crippen LogP contribution < -0.4 is 5.32 Å². The van der Waals surface area contributed by atoms with Crippen LogP contribution in [0.5, 0.6) is 0 Å². The lowest BCUT2D eigenvalue weighted by Gasteiger charge is -2.17. The van der Waals surface area contributed by atoms with E-state index < -0.39 is 0 Å². The third kappa shape index (κ3) is 3.08. The zero-order valence-electron chi connectivity index (χ0n) is 9.17. The first-order chi connectivity index (χ1) is 6.79. The van der Waals surface area contributed by atoms with Gasteiger partial charge in [-0.2, -0.15) is 0 Å². The molecule has 3 heteroatoms. The quantitative estimate of drug-likeness (QED) is 0.784. The lowest BCUT2D eigenvalue weighted by molar-refractivity contribution is 0.168. The SMILES string of the molecule is CCCNC(COC)c1sccc1C. The Morgan fingerprint density at radius 3 is 2.86 bits per heavy atom. The van der Waals surface area contributed by atoms with Gasteiger partial charge in [-0.25, -0.2) is 0 Å². The highest BCUT2D eigenvalue weighted by Gasteiger charge is 2.13. The first-order valence-corrected chi connectivity index (χ1v) is 5.93. The van der Waals surface area contributed by atoms with Crippen molar-refractivity contribution in [3.8, 4) is 0 Å². The van der Waals surface area contributed by atoms with Gasteiger partial charge in [0.2, 0.25) is 0 Å². The van der Waals surface area contributed by atoms with Crippen LogP contribution in [0.2, 0.25) is 0 Å². The normalized spacial score (nSPS) is 13.1. The Morgan fingerprint density at radius 1 is 1.57 bits per heavy atom. The van der Waals surface area contributed by atoms with Crippen molar-refractivity contribution in [3.05, 3.63) is 21.9 Å². The molecule has 14 heavy (non-hydrogen) atoms. The Bertz CT molecular complexity index is 260. The predicted molar refractivity (Wildman–Crippen MR) is 62.0 cm³/mol. The zero-order valence-corrected chi connectivity index (χ0v) is 9.99. The van der Waals surface area contributed by atoms with Gasteiger partial charge in [0, 0.05) is 12.0 Å². The molecule has 80 valence electrons. The number of nitrogens with one attached hydrogen (secondary N) is 1. The fourth-order valence-electron chi connectivity index (χ4n) is 1.45. The molecule has 1 rings (SSSR count). The molecule has 1 atom stereocenters. The van der Waals surface area contributed by atoms with Crippen LogP contribution in [-0.2, 0) is 4.74 Å². The van der Waals surface area contributed by atoms with Crippen LogP contribution in [0.1, 0.15) is 29.8 Å². The molecule has 1 unspecified atom stereocenters. The van der Waals surface area contributed by atoms with Gasteiger partial charge in [-0.15, -0.1) is 11.3 Å². The van der Waals surface area contributed by atoms with Crippen molar-refractivity contribution < 1.29 is 4.74 Å². The van der Waals surface area contributed by atoms with Gasteiger partial charge in [-0.05, 0) is 36.9 Å². The molecule has 0 fully saturated rings. The summed E-state index contributed by atoms with van der Waals surface area (Å²) in [6, 6.07) is 2.52. The van der Waals surface area contributed by atoms with E-state index in [4.69, 9.17) is 4.74 Å². The van der Waals surface area contributed by atoms with E-state index in [1.165, 1.54) is 10.4 Å². The molecule has 0 bridgehead atoms. The van der Waals surface area contributed by atoms with E-state index in [-0.39, 0.29) is 0 Å². The predicted octanol–water partition coefficient (Wildman–Crippen LogP) is 2.74. The summed E-state index contributed by atoms with van der Waals surface area (Å²) >= 11 is 1.81. The van der Waals surface area contributed by atoms with Crippen LogP contribution in [0.15, 0.2) is 11.4 Å². The fraction of sp³-hybridized carbons (Fsp3) is 0.636. The second-order valence-electron chi connectivity index (χ2n) is 3.43. The summed E-state index contributed by atoms with van der Waals surface area (Å²) in [4.78, 5) is 1.40. The van der Waals surface area contributed by atoms with E-state index >= 15 is 0 Å². The van der Waals surface area contributed by atoms with Crippen LogP contribution in [0.25, 0.3) is 0 Å². The molecule has 2 nitrogen and oxygen atoms in total. The molecule has 0 aliphatic carbocycles. The Hall–Kier alpha value is -0.380. The van der Waals surface area contributed by atoms with Gasteiger partial charge in [0.05, 0.1) is 12.6 Å². The molecule has 0 saturated heterocycles. The average molecular weight is 213 g/mol. The summed E-state index contributed by atoms with van der Waals surface area (Å²) in [6.45, 7) is 6.13. The third-order valence-electron chi connectivity index (χ3n) is 2.19. The topological polar surface area (TPSA) is 21.3 Å². The van der Waals surface area contributed by atoms with Crippen molar-refractivity contribution in [2.75, 3.05) is 20.3 Å². The Morgan fingerprint density at radius 2 is 2.36 bits per heavy atom. The Kier molecular flexibility index (Phi) is 5.15. The van der Waals surface area contributed by atoms with Crippen molar-refractivity contribution in [3.63, 3.8) is 0 Å². The molecule has 1 N–H and O–H groups in total. The number of ether oxygens (including phenoxy) is 1. The molecule has 0 radical (unpaired) electrons. The average Bonchev–Trinajstić information content (AvgIpc) is 2.59. The molecule has 1 aromatic rings. The highest BCUT2D eigenvalue weighted by atomic mass is 32.1. The smallest absolute Gasteiger partial charge is 0.0665 e. The van der Waals surface area contributed by atoms with E-state index in [9.17, 15) is 0 Å². The van der Waals surface area contributed by atoms with E-state index in [0.29, 0.717) is 6.04 Å². The molecular weight excluding hydrogens is 194 g/mol. The second kappa shape index (κ2) is 6.17. The van der Waals surface area contributed by atoms with E-state index in [1.54, 1.807) is 18.4 Å². The molecule has 0 saturated carbocycles. The number of hydrogen-bond acceptors (Lipinski definition) is 3. The Balaban J connectivity index is 2.62. The van der Waals surface area contributed by atoms with E-state index in [2.05, 4.69) is 30.6 Å². The van der Waals surface area contributed by atoms with Crippen LogP contribution in [0, 0.1) is 6.92 Å². The van der Waals surface area contributed by atoms with Gasteiger partial charge in [-0.3, -0.25) is 0 Å². The monoisotopic (exact) mass is 213 g/mol. The first-order valence-electron chi connectivity index (χ1n) is 5.06. The lowest BCUT2D eigenvalue weighted by Crippen LogP contribution is -2.25. The fourth-order valence-corrected chi connectivity index (χ4v) is 2.44. The molecule has 0 aromatic carbocycles. The minimum Gasteiger partial charge on any atom is -0.383 e. The number of aryl methyl sites for hydroxylation is 1. The van der Waals surface area contributed by atoms with Gasteiger partial charge in [0.15, 0.2) is 0 Å². The summed E-state index contributed by atoms with van der Waals surface area (Å²) in [7, 11) is 1.75. The summed E-state index contributed by atoms with van der Waals surface area (Å²) in [5, 5.41) is 5.64. The molecule has 1 heterocycles. The highest BCUT2D eigenvalue weighted by molar-refractivity contribution is 7.10. The summed E-state index contributed by atoms with van der Waals surface area (Å²) in [5.74, 6) is 0. The zero-order chi connectivity index (χ0) is 10.4. The summed E-state index contributed by atoms with van der Waals surface area (Å²) < 4.78 is 5.22. The minimum absolute atomic E-state index is 0.361. The second-order valence-corrected chi connectivity index (χ2v) is 4.38. The summed E-state index contributed by atoms with van der Waals surface area (Å²) in [5.41, 5.74) is 1.36. The van der Waals surface area contributed by atoms with Crippen molar-refractivity contribution in [2.45, 2.75) is 26.3 Å². The van der Waals surface area contributed by atoms with Crippen molar-refractivity contribution in [2.24, 2.45) is 0 Å². The maximum absolute atomic E-state index is 5.22. The van der Waals surface area contributed by atoms with Crippen molar-refractivity contribution >= 4 is 11.3 Å². The molecule has 0 aliphatic rings. The van der Waals surface area contributed by atoms with Crippen LogP contribution >= 0.6 is 11.3 Å². The Labute approximate surface area is 90.3 Å². The first kappa shape index (κ1) is 11.7. The molecule has 1 aromatic heterocycles. The van der Waals surface area contributed by atoms with E-state index in [1.807, 2.05) is 0 Å². The number of rotatable bonds is 6. The van der Waals surface area contributed by atoms with Crippen molar-refractivity contribution in [1.82, 2.24) is 5.32 Å². The van der Waals surface area contributed by atoms with Crippen LogP contribution in [0.3, 0.4) is 0 Å². The number of hydrogen-bond donors (Lipinski definition) is 1. The van der Waals surface area contributed by atoms with Gasteiger partial charge in [0.25, 0.3) is 0 Å². The molecule has 0 amide bonds. The molecular formula is C11H19NOS. The van der Waals surface area contributed by atoms with Crippen LogP contribution in [0.4, 0.5) is 0 Å². The van der Waals surface area contributed by atoms with Crippen LogP contribution in [-0.4, -0.2) is 20.3 Å². The molecule has 0 aliphatic heterocycles. The van der Waals surface area contributed by atoms with Crippen molar-refractivity contribution in [1.29, 1.82) is 0 Å².